The first-order valence-electron chi connectivity index (χ1n) is 13.2. The van der Waals surface area contributed by atoms with E-state index in [0.717, 1.165) is 66.0 Å². The fourth-order valence-corrected chi connectivity index (χ4v) is 5.11. The largest absolute Gasteiger partial charge is 0.493 e. The molecule has 1 fully saturated rings. The van der Waals surface area contributed by atoms with Crippen molar-refractivity contribution < 1.29 is 24.2 Å². The maximum atomic E-state index is 11.9. The quantitative estimate of drug-likeness (QED) is 0.167. The number of amides is 2. The summed E-state index contributed by atoms with van der Waals surface area (Å²) in [5.74, 6) is -0.191. The molecule has 2 N–H and O–H groups in total. The van der Waals surface area contributed by atoms with E-state index in [-0.39, 0.29) is 11.1 Å². The Hall–Kier alpha value is -2.80. The van der Waals surface area contributed by atoms with Crippen LogP contribution in [0.4, 0.5) is 4.79 Å². The molecule has 1 saturated heterocycles. The Kier molecular flexibility index (Phi) is 11.8. The number of hydrogen-bond acceptors (Lipinski definition) is 5. The van der Waals surface area contributed by atoms with Crippen LogP contribution in [-0.4, -0.2) is 28.8 Å². The lowest BCUT2D eigenvalue weighted by Gasteiger charge is -2.11. The number of carbonyl (C=O) groups excluding carboxylic acids is 2. The zero-order chi connectivity index (χ0) is 25.6. The van der Waals surface area contributed by atoms with Crippen LogP contribution >= 0.6 is 11.8 Å². The molecule has 6 nitrogen and oxygen atoms in total. The van der Waals surface area contributed by atoms with Crippen LogP contribution in [0.3, 0.4) is 0 Å². The van der Waals surface area contributed by atoms with E-state index < -0.39 is 5.97 Å². The minimum Gasteiger partial charge on any atom is -0.493 e. The van der Waals surface area contributed by atoms with Crippen molar-refractivity contribution in [3.8, 4) is 5.75 Å². The van der Waals surface area contributed by atoms with Crippen molar-refractivity contribution in [2.45, 2.75) is 83.5 Å². The van der Waals surface area contributed by atoms with E-state index in [1.165, 1.54) is 44.9 Å². The van der Waals surface area contributed by atoms with Gasteiger partial charge >= 0.3 is 5.97 Å². The number of aliphatic carboxylic acids is 1. The summed E-state index contributed by atoms with van der Waals surface area (Å²) < 4.78 is 6.10. The van der Waals surface area contributed by atoms with Crippen LogP contribution < -0.4 is 10.1 Å². The van der Waals surface area contributed by atoms with Gasteiger partial charge in [-0.15, -0.1) is 0 Å². The van der Waals surface area contributed by atoms with Crippen molar-refractivity contribution >= 4 is 45.7 Å². The van der Waals surface area contributed by atoms with E-state index in [1.807, 2.05) is 36.4 Å². The fourth-order valence-electron chi connectivity index (χ4n) is 4.44. The normalized spacial score (nSPS) is 14.5. The summed E-state index contributed by atoms with van der Waals surface area (Å²) in [6.45, 7) is 0.680. The summed E-state index contributed by atoms with van der Waals surface area (Å²) in [6, 6.07) is 11.9. The van der Waals surface area contributed by atoms with E-state index in [1.54, 1.807) is 6.08 Å². The third-order valence-corrected chi connectivity index (χ3v) is 7.20. The van der Waals surface area contributed by atoms with Gasteiger partial charge in [0.05, 0.1) is 11.5 Å². The summed E-state index contributed by atoms with van der Waals surface area (Å²) in [5, 5.41) is 12.6. The molecule has 2 amide bonds. The maximum absolute atomic E-state index is 11.9. The highest BCUT2D eigenvalue weighted by atomic mass is 32.2. The lowest BCUT2D eigenvalue weighted by atomic mass is 10.0. The predicted molar refractivity (Wildman–Crippen MR) is 146 cm³/mol. The second-order valence-corrected chi connectivity index (χ2v) is 10.3. The Morgan fingerprint density at radius 3 is 1.97 bits per heavy atom. The van der Waals surface area contributed by atoms with Gasteiger partial charge in [0, 0.05) is 11.8 Å². The van der Waals surface area contributed by atoms with E-state index in [9.17, 15) is 14.4 Å². The third-order valence-electron chi connectivity index (χ3n) is 6.39. The summed E-state index contributed by atoms with van der Waals surface area (Å²) in [7, 11) is 0. The molecule has 2 aromatic rings. The van der Waals surface area contributed by atoms with Crippen molar-refractivity contribution in [2.75, 3.05) is 6.61 Å². The molecule has 0 spiro atoms. The maximum Gasteiger partial charge on any atom is 0.303 e. The monoisotopic (exact) mass is 511 g/mol. The number of carboxylic acids is 1. The average Bonchev–Trinajstić information content (AvgIpc) is 3.18. The Balaban J connectivity index is 1.30. The van der Waals surface area contributed by atoms with Gasteiger partial charge in [0.2, 0.25) is 0 Å². The Bertz CT molecular complexity index is 1060. The highest BCUT2D eigenvalue weighted by Gasteiger charge is 2.25. The Morgan fingerprint density at radius 1 is 0.806 bits per heavy atom. The first kappa shape index (κ1) is 27.8. The number of thioether (sulfide) groups is 1. The number of nitrogens with one attached hydrogen (secondary N) is 1. The van der Waals surface area contributed by atoms with Crippen LogP contribution in [0.15, 0.2) is 41.3 Å². The molecular formula is C29H37NO5S. The van der Waals surface area contributed by atoms with Gasteiger partial charge in [-0.25, -0.2) is 0 Å². The number of rotatable bonds is 17. The van der Waals surface area contributed by atoms with Crippen molar-refractivity contribution in [3.63, 3.8) is 0 Å². The summed E-state index contributed by atoms with van der Waals surface area (Å²) in [4.78, 5) is 34.3. The third kappa shape index (κ3) is 9.34. The molecule has 1 aliphatic rings. The van der Waals surface area contributed by atoms with Gasteiger partial charge in [-0.2, -0.15) is 0 Å². The highest BCUT2D eigenvalue weighted by molar-refractivity contribution is 8.18. The highest BCUT2D eigenvalue weighted by Crippen LogP contribution is 2.32. The molecular weight excluding hydrogens is 474 g/mol. The number of hydrogen-bond donors (Lipinski definition) is 2. The van der Waals surface area contributed by atoms with Gasteiger partial charge in [0.25, 0.3) is 11.1 Å². The molecule has 0 aliphatic carbocycles. The zero-order valence-electron chi connectivity index (χ0n) is 20.9. The molecule has 7 heteroatoms. The van der Waals surface area contributed by atoms with Gasteiger partial charge in [-0.1, -0.05) is 94.5 Å². The summed E-state index contributed by atoms with van der Waals surface area (Å²) in [5.41, 5.74) is 0.892. The van der Waals surface area contributed by atoms with Crippen molar-refractivity contribution in [2.24, 2.45) is 0 Å². The van der Waals surface area contributed by atoms with E-state index >= 15 is 0 Å². The lowest BCUT2D eigenvalue weighted by molar-refractivity contribution is -0.137. The van der Waals surface area contributed by atoms with Gasteiger partial charge in [-0.3, -0.25) is 19.7 Å². The van der Waals surface area contributed by atoms with Gasteiger partial charge in [0.15, 0.2) is 0 Å². The second-order valence-electron chi connectivity index (χ2n) is 9.29. The van der Waals surface area contributed by atoms with Gasteiger partial charge in [-0.05, 0) is 47.7 Å². The summed E-state index contributed by atoms with van der Waals surface area (Å²) >= 11 is 0.928. The molecule has 0 saturated carbocycles. The van der Waals surface area contributed by atoms with Crippen LogP contribution in [0.1, 0.15) is 89.0 Å². The fraction of sp³-hybridized carbons (Fsp3) is 0.483. The van der Waals surface area contributed by atoms with E-state index in [4.69, 9.17) is 9.84 Å². The molecule has 0 aromatic heterocycles. The standard InChI is InChI=1S/C29H37NO5S/c31-27(32)17-11-9-7-5-3-1-2-4-6-8-10-14-20-35-25-19-18-22(23-15-12-13-16-24(23)25)21-26-28(33)30-29(34)36-26/h12-13,15-16,18-19,21H,1-11,14,17,20H2,(H,31,32)(H,30,33,34)/b26-21-. The molecule has 1 aliphatic heterocycles. The molecule has 0 bridgehead atoms. The SMILES string of the molecule is O=C(O)CCCCCCCCCCCCCCOc1ccc(/C=C2\SC(=O)NC2=O)c2ccccc12. The van der Waals surface area contributed by atoms with Gasteiger partial charge < -0.3 is 9.84 Å². The van der Waals surface area contributed by atoms with Crippen LogP contribution in [0.5, 0.6) is 5.75 Å². The van der Waals surface area contributed by atoms with Crippen LogP contribution in [0.2, 0.25) is 0 Å². The number of unbranched alkanes of at least 4 members (excludes halogenated alkanes) is 11. The minimum absolute atomic E-state index is 0.302. The zero-order valence-corrected chi connectivity index (χ0v) is 21.7. The number of ether oxygens (including phenoxy) is 1. The van der Waals surface area contributed by atoms with Crippen LogP contribution in [0.25, 0.3) is 16.8 Å². The summed E-state index contributed by atoms with van der Waals surface area (Å²) in [6.07, 6.45) is 16.1. The molecule has 0 unspecified atom stereocenters. The van der Waals surface area contributed by atoms with Crippen LogP contribution in [0, 0.1) is 0 Å². The Labute approximate surface area is 217 Å². The first-order chi connectivity index (χ1) is 17.5. The predicted octanol–water partition coefficient (Wildman–Crippen LogP) is 7.70. The van der Waals surface area contributed by atoms with Crippen molar-refractivity contribution in [3.05, 3.63) is 46.9 Å². The number of carbonyl (C=O) groups is 3. The number of benzene rings is 2. The first-order valence-corrected chi connectivity index (χ1v) is 14.0. The Morgan fingerprint density at radius 2 is 1.39 bits per heavy atom. The molecule has 0 radical (unpaired) electrons. The molecule has 3 rings (SSSR count). The molecule has 36 heavy (non-hydrogen) atoms. The van der Waals surface area contributed by atoms with E-state index in [2.05, 4.69) is 5.32 Å². The lowest BCUT2D eigenvalue weighted by Crippen LogP contribution is -2.17. The number of carboxylic acid groups (broad SMARTS) is 1. The van der Waals surface area contributed by atoms with Crippen molar-refractivity contribution in [1.29, 1.82) is 0 Å². The van der Waals surface area contributed by atoms with Crippen molar-refractivity contribution in [1.82, 2.24) is 5.32 Å². The smallest absolute Gasteiger partial charge is 0.303 e. The average molecular weight is 512 g/mol. The minimum atomic E-state index is -0.686. The van der Waals surface area contributed by atoms with E-state index in [0.29, 0.717) is 17.9 Å². The number of imide groups is 1. The molecule has 1 heterocycles. The van der Waals surface area contributed by atoms with Crippen LogP contribution in [-0.2, 0) is 9.59 Å². The molecule has 194 valence electrons. The molecule has 0 atom stereocenters. The molecule has 2 aromatic carbocycles. The second kappa shape index (κ2) is 15.3. The number of fused-ring (bicyclic) bond motifs is 1. The topological polar surface area (TPSA) is 92.7 Å². The van der Waals surface area contributed by atoms with Gasteiger partial charge in [0.1, 0.15) is 5.75 Å².